The Labute approximate surface area is 135 Å². The molecule has 0 fully saturated rings. The van der Waals surface area contributed by atoms with Gasteiger partial charge in [-0.1, -0.05) is 0 Å². The SMILES string of the molecule is Cc1cc(OS(=O)(=O)C(F)(F)F)c2c3c(c(=O)oc2c1)CCCC3. The number of hydrogen-bond acceptors (Lipinski definition) is 5. The predicted molar refractivity (Wildman–Crippen MR) is 79.5 cm³/mol. The van der Waals surface area contributed by atoms with Gasteiger partial charge in [-0.05, 0) is 55.9 Å². The molecule has 1 aliphatic rings. The Morgan fingerprint density at radius 1 is 1.12 bits per heavy atom. The van der Waals surface area contributed by atoms with Gasteiger partial charge in [-0.2, -0.15) is 21.6 Å². The van der Waals surface area contributed by atoms with Crippen LogP contribution < -0.4 is 9.81 Å². The largest absolute Gasteiger partial charge is 0.534 e. The molecule has 1 heterocycles. The Bertz CT molecular complexity index is 973. The van der Waals surface area contributed by atoms with Crippen molar-refractivity contribution in [3.8, 4) is 5.75 Å². The third kappa shape index (κ3) is 2.77. The van der Waals surface area contributed by atoms with Crippen LogP contribution in [0.1, 0.15) is 29.5 Å². The van der Waals surface area contributed by atoms with Crippen molar-refractivity contribution in [1.29, 1.82) is 0 Å². The van der Waals surface area contributed by atoms with Gasteiger partial charge >= 0.3 is 21.3 Å². The van der Waals surface area contributed by atoms with Crippen molar-refractivity contribution in [2.75, 3.05) is 0 Å². The van der Waals surface area contributed by atoms with Crippen LogP contribution in [0.15, 0.2) is 21.3 Å². The van der Waals surface area contributed by atoms with Crippen LogP contribution in [0.4, 0.5) is 13.2 Å². The molecule has 9 heteroatoms. The van der Waals surface area contributed by atoms with E-state index in [9.17, 15) is 26.4 Å². The molecular weight excluding hydrogens is 349 g/mol. The third-order valence-corrected chi connectivity index (χ3v) is 4.88. The highest BCUT2D eigenvalue weighted by Gasteiger charge is 2.49. The summed E-state index contributed by atoms with van der Waals surface area (Å²) in [6.45, 7) is 1.53. The van der Waals surface area contributed by atoms with Gasteiger partial charge in [0.25, 0.3) is 0 Å². The molecule has 0 saturated carbocycles. The number of rotatable bonds is 2. The first kappa shape index (κ1) is 16.8. The monoisotopic (exact) mass is 362 g/mol. The average Bonchev–Trinajstić information content (AvgIpc) is 2.45. The lowest BCUT2D eigenvalue weighted by molar-refractivity contribution is -0.0499. The van der Waals surface area contributed by atoms with Crippen LogP contribution in [0.2, 0.25) is 0 Å². The molecule has 0 unspecified atom stereocenters. The van der Waals surface area contributed by atoms with E-state index in [-0.39, 0.29) is 11.0 Å². The Balaban J connectivity index is 2.30. The van der Waals surface area contributed by atoms with E-state index in [2.05, 4.69) is 4.18 Å². The number of fused-ring (bicyclic) bond motifs is 3. The second-order valence-corrected chi connectivity index (χ2v) is 7.21. The van der Waals surface area contributed by atoms with Crippen molar-refractivity contribution in [1.82, 2.24) is 0 Å². The van der Waals surface area contributed by atoms with E-state index < -0.39 is 27.0 Å². The fraction of sp³-hybridized carbons (Fsp3) is 0.400. The molecule has 2 aromatic rings. The molecule has 0 radical (unpaired) electrons. The normalized spacial score (nSPS) is 15.3. The molecule has 0 aliphatic heterocycles. The molecule has 0 amide bonds. The van der Waals surface area contributed by atoms with Crippen molar-refractivity contribution in [3.05, 3.63) is 39.2 Å². The molecule has 0 atom stereocenters. The molecule has 130 valence electrons. The zero-order chi connectivity index (χ0) is 17.7. The van der Waals surface area contributed by atoms with E-state index in [1.807, 2.05) is 0 Å². The second kappa shape index (κ2) is 5.51. The van der Waals surface area contributed by atoms with Crippen molar-refractivity contribution in [3.63, 3.8) is 0 Å². The van der Waals surface area contributed by atoms with Gasteiger partial charge < -0.3 is 8.60 Å². The minimum Gasteiger partial charge on any atom is -0.422 e. The number of halogens is 3. The van der Waals surface area contributed by atoms with E-state index in [0.29, 0.717) is 29.5 Å². The molecular formula is C15H13F3O5S. The van der Waals surface area contributed by atoms with Crippen LogP contribution in [0.5, 0.6) is 5.75 Å². The van der Waals surface area contributed by atoms with Gasteiger partial charge in [0.1, 0.15) is 5.58 Å². The molecule has 3 rings (SSSR count). The average molecular weight is 362 g/mol. The molecule has 1 aliphatic carbocycles. The summed E-state index contributed by atoms with van der Waals surface area (Å²) in [7, 11) is -5.82. The Morgan fingerprint density at radius 3 is 2.38 bits per heavy atom. The van der Waals surface area contributed by atoms with Gasteiger partial charge in [0.15, 0.2) is 5.75 Å². The smallest absolute Gasteiger partial charge is 0.422 e. The first-order valence-corrected chi connectivity index (χ1v) is 8.61. The summed E-state index contributed by atoms with van der Waals surface area (Å²) in [5.74, 6) is -0.468. The van der Waals surface area contributed by atoms with Gasteiger partial charge in [0, 0.05) is 5.56 Å². The Hall–Kier alpha value is -2.03. The fourth-order valence-corrected chi connectivity index (χ4v) is 3.36. The Kier molecular flexibility index (Phi) is 3.86. The molecule has 0 spiro atoms. The lowest BCUT2D eigenvalue weighted by Gasteiger charge is -2.19. The molecule has 0 saturated heterocycles. The van der Waals surface area contributed by atoms with Gasteiger partial charge in [-0.25, -0.2) is 4.79 Å². The van der Waals surface area contributed by atoms with Crippen molar-refractivity contribution in [2.24, 2.45) is 0 Å². The van der Waals surface area contributed by atoms with Crippen LogP contribution in [0.25, 0.3) is 11.0 Å². The summed E-state index contributed by atoms with van der Waals surface area (Å²) in [6.07, 6.45) is 2.38. The van der Waals surface area contributed by atoms with E-state index in [0.717, 1.165) is 12.8 Å². The van der Waals surface area contributed by atoms with E-state index >= 15 is 0 Å². The topological polar surface area (TPSA) is 73.6 Å². The van der Waals surface area contributed by atoms with Gasteiger partial charge in [-0.15, -0.1) is 0 Å². The lowest BCUT2D eigenvalue weighted by Crippen LogP contribution is -2.28. The highest BCUT2D eigenvalue weighted by molar-refractivity contribution is 7.88. The molecule has 5 nitrogen and oxygen atoms in total. The first-order valence-electron chi connectivity index (χ1n) is 7.20. The second-order valence-electron chi connectivity index (χ2n) is 5.67. The minimum absolute atomic E-state index is 0.0213. The fourth-order valence-electron chi connectivity index (χ4n) is 2.90. The van der Waals surface area contributed by atoms with Crippen LogP contribution in [-0.4, -0.2) is 13.9 Å². The van der Waals surface area contributed by atoms with Crippen molar-refractivity contribution in [2.45, 2.75) is 38.1 Å². The van der Waals surface area contributed by atoms with Crippen molar-refractivity contribution >= 4 is 21.1 Å². The number of aryl methyl sites for hydroxylation is 2. The van der Waals surface area contributed by atoms with Crippen LogP contribution in [0, 0.1) is 6.92 Å². The van der Waals surface area contributed by atoms with E-state index in [1.54, 1.807) is 0 Å². The number of hydrogen-bond donors (Lipinski definition) is 0. The standard InChI is InChI=1S/C15H13F3O5S/c1-8-6-11-13(9-4-2-3-5-10(9)14(19)22-11)12(7-8)23-24(20,21)15(16,17)18/h6-7H,2-5H2,1H3. The van der Waals surface area contributed by atoms with Gasteiger partial charge in [0.2, 0.25) is 0 Å². The first-order chi connectivity index (χ1) is 11.1. The van der Waals surface area contributed by atoms with Gasteiger partial charge in [0.05, 0.1) is 5.39 Å². The summed E-state index contributed by atoms with van der Waals surface area (Å²) in [5.41, 5.74) is -4.79. The summed E-state index contributed by atoms with van der Waals surface area (Å²) < 4.78 is 70.2. The predicted octanol–water partition coefficient (Wildman–Crippen LogP) is 3.21. The summed E-state index contributed by atoms with van der Waals surface area (Å²) >= 11 is 0. The molecule has 0 bridgehead atoms. The van der Waals surface area contributed by atoms with E-state index in [4.69, 9.17) is 4.42 Å². The zero-order valence-corrected chi connectivity index (χ0v) is 13.4. The van der Waals surface area contributed by atoms with Crippen LogP contribution in [0.3, 0.4) is 0 Å². The highest BCUT2D eigenvalue weighted by Crippen LogP contribution is 2.37. The highest BCUT2D eigenvalue weighted by atomic mass is 32.2. The third-order valence-electron chi connectivity index (χ3n) is 3.91. The zero-order valence-electron chi connectivity index (χ0n) is 12.6. The number of benzene rings is 1. The maximum Gasteiger partial charge on any atom is 0.534 e. The van der Waals surface area contributed by atoms with Gasteiger partial charge in [-0.3, -0.25) is 0 Å². The Morgan fingerprint density at radius 2 is 1.75 bits per heavy atom. The van der Waals surface area contributed by atoms with Crippen LogP contribution in [-0.2, 0) is 23.0 Å². The number of alkyl halides is 3. The maximum atomic E-state index is 12.6. The van der Waals surface area contributed by atoms with Crippen molar-refractivity contribution < 1.29 is 30.2 Å². The maximum absolute atomic E-state index is 12.6. The van der Waals surface area contributed by atoms with Crippen LogP contribution >= 0.6 is 0 Å². The summed E-state index contributed by atoms with van der Waals surface area (Å²) in [6, 6.07) is 2.67. The molecule has 1 aromatic heterocycles. The molecule has 0 N–H and O–H groups in total. The molecule has 24 heavy (non-hydrogen) atoms. The minimum atomic E-state index is -5.82. The summed E-state index contributed by atoms with van der Waals surface area (Å²) in [4.78, 5) is 12.0. The van der Waals surface area contributed by atoms with E-state index in [1.165, 1.54) is 19.1 Å². The molecule has 1 aromatic carbocycles. The lowest BCUT2D eigenvalue weighted by atomic mass is 9.90. The quantitative estimate of drug-likeness (QED) is 0.466. The summed E-state index contributed by atoms with van der Waals surface area (Å²) in [5, 5.41) is 0.114.